The van der Waals surface area contributed by atoms with Gasteiger partial charge in [0, 0.05) is 22.7 Å². The van der Waals surface area contributed by atoms with Crippen LogP contribution in [-0.2, 0) is 0 Å². The molecule has 0 radical (unpaired) electrons. The minimum atomic E-state index is 0.948. The molecule has 56 valence electrons. The predicted molar refractivity (Wildman–Crippen MR) is 47.0 cm³/mol. The van der Waals surface area contributed by atoms with Gasteiger partial charge in [-0.15, -0.1) is 0 Å². The van der Waals surface area contributed by atoms with Gasteiger partial charge in [0.1, 0.15) is 0 Å². The molecule has 1 N–H and O–H groups in total. The Morgan fingerprint density at radius 3 is 3.18 bits per heavy atom. The zero-order valence-electron chi connectivity index (χ0n) is 5.65. The van der Waals surface area contributed by atoms with Gasteiger partial charge in [-0.1, -0.05) is 11.8 Å². The van der Waals surface area contributed by atoms with Gasteiger partial charge in [-0.25, -0.2) is 4.98 Å². The zero-order valence-corrected chi connectivity index (χ0v) is 7.28. The molecule has 0 spiro atoms. The summed E-state index contributed by atoms with van der Waals surface area (Å²) >= 11 is 3.34. The van der Waals surface area contributed by atoms with Crippen LogP contribution in [0.1, 0.15) is 0 Å². The predicted octanol–water partition coefficient (Wildman–Crippen LogP) is 2.62. The number of hydrogen-bond donors (Lipinski definition) is 1. The van der Waals surface area contributed by atoms with Crippen molar-refractivity contribution in [3.05, 3.63) is 29.2 Å². The molecule has 2 nitrogen and oxygen atoms in total. The molecule has 2 heterocycles. The second-order valence-electron chi connectivity index (χ2n) is 1.96. The van der Waals surface area contributed by atoms with E-state index in [-0.39, 0.29) is 0 Å². The summed E-state index contributed by atoms with van der Waals surface area (Å²) < 4.78 is 0. The maximum absolute atomic E-state index is 4.10. The van der Waals surface area contributed by atoms with E-state index < -0.39 is 0 Å². The lowest BCUT2D eigenvalue weighted by Crippen LogP contribution is -1.70. The molecule has 2 aromatic heterocycles. The van der Waals surface area contributed by atoms with Crippen molar-refractivity contribution >= 4 is 23.1 Å². The van der Waals surface area contributed by atoms with E-state index in [1.165, 1.54) is 4.90 Å². The fourth-order valence-corrected chi connectivity index (χ4v) is 2.29. The summed E-state index contributed by atoms with van der Waals surface area (Å²) in [6.45, 7) is 0. The molecule has 4 heteroatoms. The maximum atomic E-state index is 4.10. The molecule has 0 aromatic carbocycles. The Morgan fingerprint density at radius 2 is 2.55 bits per heavy atom. The Kier molecular flexibility index (Phi) is 1.96. The molecule has 0 saturated heterocycles. The number of hydrogen-bond acceptors (Lipinski definition) is 3. The molecule has 0 aliphatic rings. The zero-order chi connectivity index (χ0) is 7.52. The molecule has 0 amide bonds. The molecule has 0 unspecified atom stereocenters. The van der Waals surface area contributed by atoms with Crippen molar-refractivity contribution < 1.29 is 0 Å². The monoisotopic (exact) mass is 182 g/mol. The van der Waals surface area contributed by atoms with Gasteiger partial charge in [0.15, 0.2) is 5.16 Å². The van der Waals surface area contributed by atoms with E-state index in [0.29, 0.717) is 0 Å². The van der Waals surface area contributed by atoms with Gasteiger partial charge in [0.05, 0.1) is 0 Å². The summed E-state index contributed by atoms with van der Waals surface area (Å²) in [5.41, 5.74) is 0. The van der Waals surface area contributed by atoms with Crippen LogP contribution in [0.5, 0.6) is 0 Å². The Morgan fingerprint density at radius 1 is 1.55 bits per heavy atom. The summed E-state index contributed by atoms with van der Waals surface area (Å²) in [6, 6.07) is 2.08. The molecule has 0 aliphatic heterocycles. The number of nitrogens with zero attached hydrogens (tertiary/aromatic N) is 1. The van der Waals surface area contributed by atoms with Crippen molar-refractivity contribution in [2.45, 2.75) is 10.1 Å². The minimum Gasteiger partial charge on any atom is -0.339 e. The van der Waals surface area contributed by atoms with Crippen LogP contribution in [0.15, 0.2) is 39.3 Å². The molecule has 2 aromatic rings. The number of thiophene rings is 1. The molecule has 0 fully saturated rings. The number of H-pyrrole nitrogens is 1. The Labute approximate surface area is 72.7 Å². The fourth-order valence-electron chi connectivity index (χ4n) is 0.728. The highest BCUT2D eigenvalue weighted by atomic mass is 32.2. The highest BCUT2D eigenvalue weighted by molar-refractivity contribution is 7.99. The lowest BCUT2D eigenvalue weighted by Gasteiger charge is -1.89. The van der Waals surface area contributed by atoms with E-state index in [1.807, 2.05) is 6.20 Å². The molecule has 0 aliphatic carbocycles. The van der Waals surface area contributed by atoms with Gasteiger partial charge >= 0.3 is 0 Å². The smallest absolute Gasteiger partial charge is 0.170 e. The average molecular weight is 182 g/mol. The summed E-state index contributed by atoms with van der Waals surface area (Å²) in [7, 11) is 0. The van der Waals surface area contributed by atoms with Crippen LogP contribution in [0.4, 0.5) is 0 Å². The first-order valence-corrected chi connectivity index (χ1v) is 4.90. The Balaban J connectivity index is 2.14. The second-order valence-corrected chi connectivity index (χ2v) is 3.80. The lowest BCUT2D eigenvalue weighted by atomic mass is 10.7. The number of aromatic nitrogens is 2. The van der Waals surface area contributed by atoms with Gasteiger partial charge in [-0.2, -0.15) is 11.3 Å². The Hall–Kier alpha value is -0.740. The average Bonchev–Trinajstić information content (AvgIpc) is 2.60. The number of rotatable bonds is 2. The number of aromatic amines is 1. The van der Waals surface area contributed by atoms with E-state index in [4.69, 9.17) is 0 Å². The first kappa shape index (κ1) is 6.94. The summed E-state index contributed by atoms with van der Waals surface area (Å²) in [4.78, 5) is 8.38. The van der Waals surface area contributed by atoms with Crippen LogP contribution in [0.25, 0.3) is 0 Å². The van der Waals surface area contributed by atoms with E-state index in [0.717, 1.165) is 5.16 Å². The number of imidazole rings is 1. The minimum absolute atomic E-state index is 0.948. The summed E-state index contributed by atoms with van der Waals surface area (Å²) in [6.07, 6.45) is 3.59. The van der Waals surface area contributed by atoms with Gasteiger partial charge in [0.25, 0.3) is 0 Å². The molecular weight excluding hydrogens is 176 g/mol. The molecule has 11 heavy (non-hydrogen) atoms. The summed E-state index contributed by atoms with van der Waals surface area (Å²) in [5.74, 6) is 0. The summed E-state index contributed by atoms with van der Waals surface area (Å²) in [5, 5.41) is 5.11. The SMILES string of the molecule is c1c[nH]c(Sc2ccsc2)n1. The third kappa shape index (κ3) is 1.64. The van der Waals surface area contributed by atoms with Gasteiger partial charge < -0.3 is 4.98 Å². The van der Waals surface area contributed by atoms with Crippen molar-refractivity contribution in [3.8, 4) is 0 Å². The van der Waals surface area contributed by atoms with Crippen molar-refractivity contribution in [2.75, 3.05) is 0 Å². The van der Waals surface area contributed by atoms with Crippen molar-refractivity contribution in [1.82, 2.24) is 9.97 Å². The Bertz CT molecular complexity index is 267. The highest BCUT2D eigenvalue weighted by Crippen LogP contribution is 2.25. The van der Waals surface area contributed by atoms with Crippen LogP contribution in [0, 0.1) is 0 Å². The normalized spacial score (nSPS) is 10.2. The van der Waals surface area contributed by atoms with Crippen LogP contribution >= 0.6 is 23.1 Å². The van der Waals surface area contributed by atoms with Gasteiger partial charge in [0.2, 0.25) is 0 Å². The van der Waals surface area contributed by atoms with Crippen molar-refractivity contribution in [2.24, 2.45) is 0 Å². The van der Waals surface area contributed by atoms with Crippen molar-refractivity contribution in [1.29, 1.82) is 0 Å². The van der Waals surface area contributed by atoms with Gasteiger partial charge in [-0.05, 0) is 11.4 Å². The van der Waals surface area contributed by atoms with E-state index in [1.54, 1.807) is 29.3 Å². The van der Waals surface area contributed by atoms with Crippen LogP contribution in [0.3, 0.4) is 0 Å². The molecule has 0 bridgehead atoms. The lowest BCUT2D eigenvalue weighted by molar-refractivity contribution is 1.06. The first-order chi connectivity index (χ1) is 5.45. The molecule has 0 saturated carbocycles. The van der Waals surface area contributed by atoms with E-state index in [2.05, 4.69) is 26.8 Å². The fraction of sp³-hybridized carbons (Fsp3) is 0. The topological polar surface area (TPSA) is 28.7 Å². The standard InChI is InChI=1S/C7H6N2S2/c1-4-10-5-6(1)11-7-8-2-3-9-7/h1-5H,(H,8,9). The van der Waals surface area contributed by atoms with Crippen molar-refractivity contribution in [3.63, 3.8) is 0 Å². The maximum Gasteiger partial charge on any atom is 0.170 e. The highest BCUT2D eigenvalue weighted by Gasteiger charge is 1.97. The van der Waals surface area contributed by atoms with Crippen LogP contribution in [0.2, 0.25) is 0 Å². The molecule has 2 rings (SSSR count). The van der Waals surface area contributed by atoms with E-state index >= 15 is 0 Å². The number of nitrogens with one attached hydrogen (secondary N) is 1. The quantitative estimate of drug-likeness (QED) is 0.773. The largest absolute Gasteiger partial charge is 0.339 e. The third-order valence-corrected chi connectivity index (χ3v) is 2.92. The van der Waals surface area contributed by atoms with Gasteiger partial charge in [-0.3, -0.25) is 0 Å². The second kappa shape index (κ2) is 3.11. The molecular formula is C7H6N2S2. The van der Waals surface area contributed by atoms with Crippen LogP contribution in [-0.4, -0.2) is 9.97 Å². The first-order valence-electron chi connectivity index (χ1n) is 3.14. The van der Waals surface area contributed by atoms with Crippen LogP contribution < -0.4 is 0 Å². The third-order valence-electron chi connectivity index (χ3n) is 1.18. The molecule has 0 atom stereocenters. The van der Waals surface area contributed by atoms with E-state index in [9.17, 15) is 0 Å².